The van der Waals surface area contributed by atoms with Crippen molar-refractivity contribution in [1.82, 2.24) is 19.8 Å². The van der Waals surface area contributed by atoms with Gasteiger partial charge in [0, 0.05) is 25.3 Å². The predicted octanol–water partition coefficient (Wildman–Crippen LogP) is 1.69. The van der Waals surface area contributed by atoms with Crippen LogP contribution in [0.5, 0.6) is 0 Å². The molecule has 0 spiro atoms. The lowest BCUT2D eigenvalue weighted by Crippen LogP contribution is -2.56. The molecular formula is C14H17N5O2S. The second-order valence-electron chi connectivity index (χ2n) is 5.48. The van der Waals surface area contributed by atoms with E-state index in [0.29, 0.717) is 11.7 Å². The largest absolute Gasteiger partial charge is 0.342 e. The zero-order valence-electron chi connectivity index (χ0n) is 12.7. The summed E-state index contributed by atoms with van der Waals surface area (Å²) in [4.78, 5) is 36.8. The number of likely N-dealkylation sites (N-methyl/N-ethyl adjacent to an activating group) is 1. The molecule has 3 rings (SSSR count). The van der Waals surface area contributed by atoms with Crippen LogP contribution in [0.25, 0.3) is 10.3 Å². The number of pyridine rings is 1. The van der Waals surface area contributed by atoms with E-state index in [4.69, 9.17) is 0 Å². The quantitative estimate of drug-likeness (QED) is 0.867. The topological polar surface area (TPSA) is 78.4 Å². The summed E-state index contributed by atoms with van der Waals surface area (Å²) in [6, 6.07) is 3.43. The number of carbonyl (C=O) groups is 2. The molecule has 0 saturated carbocycles. The van der Waals surface area contributed by atoms with E-state index in [1.54, 1.807) is 11.9 Å². The van der Waals surface area contributed by atoms with E-state index in [-0.39, 0.29) is 24.5 Å². The summed E-state index contributed by atoms with van der Waals surface area (Å²) in [5.74, 6) is -0.0603. The third-order valence-corrected chi connectivity index (χ3v) is 4.55. The zero-order valence-corrected chi connectivity index (χ0v) is 13.5. The van der Waals surface area contributed by atoms with Crippen LogP contribution in [0.1, 0.15) is 12.6 Å². The number of urea groups is 1. The van der Waals surface area contributed by atoms with Gasteiger partial charge < -0.3 is 9.80 Å². The SMILES string of the molecule is Cc1ccc2nc(NC(=O)N3CC(=O)N(C)CC3C)sc2n1. The van der Waals surface area contributed by atoms with Gasteiger partial charge in [0.15, 0.2) is 5.13 Å². The normalized spacial score (nSPS) is 18.9. The fraction of sp³-hybridized carbons (Fsp3) is 0.429. The van der Waals surface area contributed by atoms with Crippen LogP contribution in [-0.2, 0) is 4.79 Å². The monoisotopic (exact) mass is 319 g/mol. The Morgan fingerprint density at radius 2 is 2.18 bits per heavy atom. The van der Waals surface area contributed by atoms with Crippen LogP contribution in [-0.4, -0.2) is 57.9 Å². The van der Waals surface area contributed by atoms with E-state index in [1.165, 1.54) is 16.2 Å². The van der Waals surface area contributed by atoms with Crippen molar-refractivity contribution in [3.63, 3.8) is 0 Å². The number of aromatic nitrogens is 2. The molecule has 1 saturated heterocycles. The number of anilines is 1. The summed E-state index contributed by atoms with van der Waals surface area (Å²) >= 11 is 1.33. The standard InChI is InChI=1S/C14H17N5O2S/c1-8-4-5-10-12(15-8)22-13(16-10)17-14(21)19-7-11(20)18(3)6-9(19)2/h4-5,9H,6-7H2,1-3H3,(H,16,17,21). The number of aryl methyl sites for hydroxylation is 1. The lowest BCUT2D eigenvalue weighted by Gasteiger charge is -2.37. The summed E-state index contributed by atoms with van der Waals surface area (Å²) in [5, 5.41) is 3.27. The minimum Gasteiger partial charge on any atom is -0.342 e. The maximum Gasteiger partial charge on any atom is 0.324 e. The van der Waals surface area contributed by atoms with Crippen molar-refractivity contribution in [1.29, 1.82) is 0 Å². The van der Waals surface area contributed by atoms with E-state index in [2.05, 4.69) is 15.3 Å². The smallest absolute Gasteiger partial charge is 0.324 e. The van der Waals surface area contributed by atoms with Crippen molar-refractivity contribution >= 4 is 38.8 Å². The summed E-state index contributed by atoms with van der Waals surface area (Å²) < 4.78 is 0. The molecule has 22 heavy (non-hydrogen) atoms. The van der Waals surface area contributed by atoms with E-state index in [0.717, 1.165) is 16.0 Å². The van der Waals surface area contributed by atoms with Crippen molar-refractivity contribution in [3.8, 4) is 0 Å². The van der Waals surface area contributed by atoms with Crippen LogP contribution in [0.15, 0.2) is 12.1 Å². The zero-order chi connectivity index (χ0) is 15.9. The Morgan fingerprint density at radius 1 is 1.41 bits per heavy atom. The Balaban J connectivity index is 1.76. The Bertz CT molecular complexity index is 744. The molecule has 116 valence electrons. The summed E-state index contributed by atoms with van der Waals surface area (Å²) in [7, 11) is 1.75. The van der Waals surface area contributed by atoms with Gasteiger partial charge in [-0.05, 0) is 26.0 Å². The molecule has 3 amide bonds. The Kier molecular flexibility index (Phi) is 3.69. The highest BCUT2D eigenvalue weighted by molar-refractivity contribution is 7.21. The molecule has 2 aromatic rings. The first-order chi connectivity index (χ1) is 10.4. The Morgan fingerprint density at radius 3 is 2.95 bits per heavy atom. The molecule has 2 aromatic heterocycles. The maximum absolute atomic E-state index is 12.4. The molecule has 0 radical (unpaired) electrons. The first-order valence-corrected chi connectivity index (χ1v) is 7.81. The Hall–Kier alpha value is -2.22. The van der Waals surface area contributed by atoms with Gasteiger partial charge in [-0.2, -0.15) is 0 Å². The first-order valence-electron chi connectivity index (χ1n) is 7.00. The predicted molar refractivity (Wildman–Crippen MR) is 85.0 cm³/mol. The number of piperazine rings is 1. The number of hydrogen-bond donors (Lipinski definition) is 1. The summed E-state index contributed by atoms with van der Waals surface area (Å²) in [6.45, 7) is 4.46. The van der Waals surface area contributed by atoms with E-state index < -0.39 is 0 Å². The number of amides is 3. The van der Waals surface area contributed by atoms with Gasteiger partial charge in [-0.25, -0.2) is 14.8 Å². The average Bonchev–Trinajstić information content (AvgIpc) is 2.83. The van der Waals surface area contributed by atoms with Gasteiger partial charge in [0.25, 0.3) is 0 Å². The second kappa shape index (κ2) is 5.53. The molecule has 1 atom stereocenters. The molecule has 7 nitrogen and oxygen atoms in total. The number of fused-ring (bicyclic) bond motifs is 1. The lowest BCUT2D eigenvalue weighted by atomic mass is 10.2. The van der Waals surface area contributed by atoms with Gasteiger partial charge in [0.05, 0.1) is 0 Å². The van der Waals surface area contributed by atoms with Crippen LogP contribution >= 0.6 is 11.3 Å². The molecular weight excluding hydrogens is 302 g/mol. The highest BCUT2D eigenvalue weighted by Crippen LogP contribution is 2.25. The number of rotatable bonds is 1. The van der Waals surface area contributed by atoms with Gasteiger partial charge in [0.2, 0.25) is 5.91 Å². The molecule has 1 unspecified atom stereocenters. The van der Waals surface area contributed by atoms with E-state index in [1.807, 2.05) is 26.0 Å². The molecule has 0 bridgehead atoms. The number of carbonyl (C=O) groups excluding carboxylic acids is 2. The van der Waals surface area contributed by atoms with Crippen LogP contribution in [0.2, 0.25) is 0 Å². The summed E-state index contributed by atoms with van der Waals surface area (Å²) in [5.41, 5.74) is 1.67. The van der Waals surface area contributed by atoms with Crippen LogP contribution in [0, 0.1) is 6.92 Å². The first kappa shape index (κ1) is 14.7. The van der Waals surface area contributed by atoms with Crippen molar-refractivity contribution in [2.75, 3.05) is 25.5 Å². The highest BCUT2D eigenvalue weighted by atomic mass is 32.1. The van der Waals surface area contributed by atoms with Gasteiger partial charge in [-0.3, -0.25) is 10.1 Å². The average molecular weight is 319 g/mol. The van der Waals surface area contributed by atoms with Crippen molar-refractivity contribution in [2.45, 2.75) is 19.9 Å². The molecule has 0 aliphatic carbocycles. The molecule has 1 aliphatic heterocycles. The van der Waals surface area contributed by atoms with Crippen LogP contribution < -0.4 is 5.32 Å². The van der Waals surface area contributed by atoms with Crippen molar-refractivity contribution in [3.05, 3.63) is 17.8 Å². The van der Waals surface area contributed by atoms with E-state index >= 15 is 0 Å². The van der Waals surface area contributed by atoms with Gasteiger partial charge in [-0.1, -0.05) is 11.3 Å². The van der Waals surface area contributed by atoms with Crippen molar-refractivity contribution < 1.29 is 9.59 Å². The fourth-order valence-electron chi connectivity index (χ4n) is 2.42. The summed E-state index contributed by atoms with van der Waals surface area (Å²) in [6.07, 6.45) is 0. The number of nitrogens with one attached hydrogen (secondary N) is 1. The molecule has 1 fully saturated rings. The lowest BCUT2D eigenvalue weighted by molar-refractivity contribution is -0.134. The molecule has 3 heterocycles. The van der Waals surface area contributed by atoms with Crippen LogP contribution in [0.4, 0.5) is 9.93 Å². The third-order valence-electron chi connectivity index (χ3n) is 3.67. The molecule has 1 aliphatic rings. The number of thiazole rings is 1. The van der Waals surface area contributed by atoms with Gasteiger partial charge in [-0.15, -0.1) is 0 Å². The van der Waals surface area contributed by atoms with Gasteiger partial charge >= 0.3 is 6.03 Å². The minimum atomic E-state index is -0.301. The maximum atomic E-state index is 12.4. The third kappa shape index (κ3) is 2.74. The van der Waals surface area contributed by atoms with Crippen LogP contribution in [0.3, 0.4) is 0 Å². The molecule has 8 heteroatoms. The molecule has 0 aromatic carbocycles. The van der Waals surface area contributed by atoms with Crippen molar-refractivity contribution in [2.24, 2.45) is 0 Å². The van der Waals surface area contributed by atoms with Gasteiger partial charge in [0.1, 0.15) is 16.9 Å². The highest BCUT2D eigenvalue weighted by Gasteiger charge is 2.31. The Labute approximate surface area is 131 Å². The van der Waals surface area contributed by atoms with E-state index in [9.17, 15) is 9.59 Å². The minimum absolute atomic E-state index is 0.0301. The number of nitrogens with zero attached hydrogens (tertiary/aromatic N) is 4. The fourth-order valence-corrected chi connectivity index (χ4v) is 3.29. The number of hydrogen-bond acceptors (Lipinski definition) is 5. The molecule has 1 N–H and O–H groups in total. The second-order valence-corrected chi connectivity index (χ2v) is 6.45.